The summed E-state index contributed by atoms with van der Waals surface area (Å²) in [6.07, 6.45) is 0. The lowest BCUT2D eigenvalue weighted by Crippen LogP contribution is -2.40. The molecule has 0 aromatic heterocycles. The minimum absolute atomic E-state index is 0.123. The Morgan fingerprint density at radius 3 is 2.47 bits per heavy atom. The van der Waals surface area contributed by atoms with E-state index < -0.39 is 0 Å². The number of hydrogen-bond donors (Lipinski definition) is 2. The fourth-order valence-corrected chi connectivity index (χ4v) is 4.49. The van der Waals surface area contributed by atoms with E-state index in [1.807, 2.05) is 36.9 Å². The van der Waals surface area contributed by atoms with E-state index in [9.17, 15) is 14.0 Å². The highest BCUT2D eigenvalue weighted by molar-refractivity contribution is 7.99. The van der Waals surface area contributed by atoms with E-state index >= 15 is 0 Å². The third-order valence-electron chi connectivity index (χ3n) is 5.31. The summed E-state index contributed by atoms with van der Waals surface area (Å²) in [4.78, 5) is 29.0. The molecule has 6 nitrogen and oxygen atoms in total. The van der Waals surface area contributed by atoms with Crippen molar-refractivity contribution in [1.29, 1.82) is 0 Å². The number of likely N-dealkylation sites (N-methyl/N-ethyl adjacent to an activating group) is 1. The Hall–Kier alpha value is -2.42. The lowest BCUT2D eigenvalue weighted by atomic mass is 10.2. The topological polar surface area (TPSA) is 64.7 Å². The average molecular weight is 459 g/mol. The van der Waals surface area contributed by atoms with Crippen molar-refractivity contribution in [3.8, 4) is 0 Å². The van der Waals surface area contributed by atoms with Gasteiger partial charge in [-0.15, -0.1) is 0 Å². The molecule has 2 amide bonds. The Balaban J connectivity index is 1.44. The summed E-state index contributed by atoms with van der Waals surface area (Å²) in [6.45, 7) is 6.14. The van der Waals surface area contributed by atoms with Gasteiger partial charge in [-0.25, -0.2) is 4.39 Å². The minimum atomic E-state index is -0.306. The van der Waals surface area contributed by atoms with Crippen LogP contribution in [0.25, 0.3) is 0 Å². The second kappa shape index (κ2) is 12.6. The molecule has 1 fully saturated rings. The van der Waals surface area contributed by atoms with Crippen molar-refractivity contribution in [2.75, 3.05) is 49.5 Å². The number of anilines is 1. The average Bonchev–Trinajstić information content (AvgIpc) is 2.79. The van der Waals surface area contributed by atoms with Crippen LogP contribution in [0.3, 0.4) is 0 Å². The highest BCUT2D eigenvalue weighted by atomic mass is 32.2. The second-order valence-corrected chi connectivity index (χ2v) is 9.07. The molecule has 1 heterocycles. The van der Waals surface area contributed by atoms with Gasteiger partial charge in [0.1, 0.15) is 5.82 Å². The molecule has 0 unspecified atom stereocenters. The standard InChI is InChI=1S/C24H31FN4O2S/c1-2-28(17-23(30)26-15-19-6-8-21(25)9-7-19)18-24(31)27-22-5-3-4-20(14-22)16-29-10-12-32-13-11-29/h3-9,14H,2,10-13,15-18H2,1H3,(H,26,30)(H,27,31). The van der Waals surface area contributed by atoms with Crippen molar-refractivity contribution in [3.63, 3.8) is 0 Å². The summed E-state index contributed by atoms with van der Waals surface area (Å²) >= 11 is 1.99. The Bertz CT molecular complexity index is 888. The van der Waals surface area contributed by atoms with Crippen LogP contribution in [-0.2, 0) is 22.7 Å². The summed E-state index contributed by atoms with van der Waals surface area (Å²) in [7, 11) is 0. The Morgan fingerprint density at radius 2 is 1.75 bits per heavy atom. The summed E-state index contributed by atoms with van der Waals surface area (Å²) in [5, 5.41) is 5.76. The summed E-state index contributed by atoms with van der Waals surface area (Å²) in [6, 6.07) is 14.0. The number of nitrogens with one attached hydrogen (secondary N) is 2. The molecule has 1 aliphatic rings. The number of benzene rings is 2. The Labute approximate surface area is 193 Å². The first-order valence-electron chi connectivity index (χ1n) is 10.9. The molecule has 0 spiro atoms. The Morgan fingerprint density at radius 1 is 1.03 bits per heavy atom. The normalized spacial score (nSPS) is 14.3. The maximum atomic E-state index is 13.0. The van der Waals surface area contributed by atoms with E-state index in [4.69, 9.17) is 0 Å². The van der Waals surface area contributed by atoms with Crippen LogP contribution in [-0.4, -0.2) is 65.8 Å². The van der Waals surface area contributed by atoms with Crippen LogP contribution in [0.1, 0.15) is 18.1 Å². The zero-order valence-corrected chi connectivity index (χ0v) is 19.3. The van der Waals surface area contributed by atoms with Crippen molar-refractivity contribution in [2.45, 2.75) is 20.0 Å². The van der Waals surface area contributed by atoms with Gasteiger partial charge in [0, 0.05) is 43.4 Å². The molecule has 1 saturated heterocycles. The Kier molecular flexibility index (Phi) is 9.52. The summed E-state index contributed by atoms with van der Waals surface area (Å²) in [5.41, 5.74) is 2.78. The largest absolute Gasteiger partial charge is 0.351 e. The minimum Gasteiger partial charge on any atom is -0.351 e. The number of thioether (sulfide) groups is 1. The molecule has 0 atom stereocenters. The molecular weight excluding hydrogens is 427 g/mol. The molecule has 1 aliphatic heterocycles. The van der Waals surface area contributed by atoms with Crippen molar-refractivity contribution in [3.05, 3.63) is 65.5 Å². The first-order valence-corrected chi connectivity index (χ1v) is 12.1. The molecule has 0 bridgehead atoms. The molecular formula is C24H31FN4O2S. The first-order chi connectivity index (χ1) is 15.5. The van der Waals surface area contributed by atoms with Crippen molar-refractivity contribution in [1.82, 2.24) is 15.1 Å². The number of nitrogens with zero attached hydrogens (tertiary/aromatic N) is 2. The van der Waals surface area contributed by atoms with Crippen LogP contribution in [0.2, 0.25) is 0 Å². The predicted octanol–water partition coefficient (Wildman–Crippen LogP) is 2.95. The van der Waals surface area contributed by atoms with Crippen molar-refractivity contribution < 1.29 is 14.0 Å². The fourth-order valence-electron chi connectivity index (χ4n) is 3.51. The van der Waals surface area contributed by atoms with Gasteiger partial charge in [0.25, 0.3) is 0 Å². The number of rotatable bonds is 10. The molecule has 0 aliphatic carbocycles. The molecule has 3 rings (SSSR count). The van der Waals surface area contributed by atoms with Crippen LogP contribution in [0.4, 0.5) is 10.1 Å². The maximum Gasteiger partial charge on any atom is 0.238 e. The van der Waals surface area contributed by atoms with Crippen LogP contribution in [0.15, 0.2) is 48.5 Å². The maximum absolute atomic E-state index is 13.0. The second-order valence-electron chi connectivity index (χ2n) is 7.84. The smallest absolute Gasteiger partial charge is 0.238 e. The molecule has 172 valence electrons. The van der Waals surface area contributed by atoms with Gasteiger partial charge >= 0.3 is 0 Å². The quantitative estimate of drug-likeness (QED) is 0.573. The molecule has 8 heteroatoms. The lowest BCUT2D eigenvalue weighted by Gasteiger charge is -2.26. The highest BCUT2D eigenvalue weighted by Gasteiger charge is 2.14. The van der Waals surface area contributed by atoms with Gasteiger partial charge in [-0.2, -0.15) is 11.8 Å². The number of carbonyl (C=O) groups excluding carboxylic acids is 2. The zero-order chi connectivity index (χ0) is 22.8. The highest BCUT2D eigenvalue weighted by Crippen LogP contribution is 2.16. The molecule has 32 heavy (non-hydrogen) atoms. The number of hydrogen-bond acceptors (Lipinski definition) is 5. The summed E-state index contributed by atoms with van der Waals surface area (Å²) in [5.74, 6) is 1.70. The molecule has 2 N–H and O–H groups in total. The van der Waals surface area contributed by atoms with E-state index in [1.165, 1.54) is 29.2 Å². The molecule has 2 aromatic carbocycles. The fraction of sp³-hybridized carbons (Fsp3) is 0.417. The third kappa shape index (κ3) is 8.26. The SMILES string of the molecule is CCN(CC(=O)NCc1ccc(F)cc1)CC(=O)Nc1cccc(CN2CCSCC2)c1. The lowest BCUT2D eigenvalue weighted by molar-refractivity contribution is -0.123. The van der Waals surface area contributed by atoms with Gasteiger partial charge in [-0.05, 0) is 41.9 Å². The number of carbonyl (C=O) groups is 2. The van der Waals surface area contributed by atoms with Gasteiger partial charge in [-0.1, -0.05) is 31.2 Å². The van der Waals surface area contributed by atoms with Gasteiger partial charge < -0.3 is 10.6 Å². The summed E-state index contributed by atoms with van der Waals surface area (Å²) < 4.78 is 13.0. The zero-order valence-electron chi connectivity index (χ0n) is 18.5. The van der Waals surface area contributed by atoms with E-state index in [-0.39, 0.29) is 30.7 Å². The van der Waals surface area contributed by atoms with Gasteiger partial charge in [0.05, 0.1) is 13.1 Å². The van der Waals surface area contributed by atoms with E-state index in [1.54, 1.807) is 17.0 Å². The monoisotopic (exact) mass is 458 g/mol. The predicted molar refractivity (Wildman–Crippen MR) is 128 cm³/mol. The molecule has 0 saturated carbocycles. The first kappa shape index (κ1) is 24.2. The van der Waals surface area contributed by atoms with Crippen molar-refractivity contribution >= 4 is 29.3 Å². The van der Waals surface area contributed by atoms with Crippen LogP contribution < -0.4 is 10.6 Å². The van der Waals surface area contributed by atoms with Crippen LogP contribution in [0, 0.1) is 5.82 Å². The van der Waals surface area contributed by atoms with Gasteiger partial charge in [0.15, 0.2) is 0 Å². The van der Waals surface area contributed by atoms with Crippen LogP contribution in [0.5, 0.6) is 0 Å². The van der Waals surface area contributed by atoms with Crippen LogP contribution >= 0.6 is 11.8 Å². The van der Waals surface area contributed by atoms with E-state index in [2.05, 4.69) is 21.6 Å². The van der Waals surface area contributed by atoms with E-state index in [0.717, 1.165) is 30.9 Å². The van der Waals surface area contributed by atoms with E-state index in [0.29, 0.717) is 13.1 Å². The molecule has 0 radical (unpaired) electrons. The third-order valence-corrected chi connectivity index (χ3v) is 6.25. The molecule has 2 aromatic rings. The van der Waals surface area contributed by atoms with Gasteiger partial charge in [-0.3, -0.25) is 19.4 Å². The number of amides is 2. The van der Waals surface area contributed by atoms with Crippen molar-refractivity contribution in [2.24, 2.45) is 0 Å². The number of halogens is 1. The van der Waals surface area contributed by atoms with Gasteiger partial charge in [0.2, 0.25) is 11.8 Å².